The van der Waals surface area contributed by atoms with Gasteiger partial charge in [-0.25, -0.2) is 0 Å². The molecule has 6 nitrogen and oxygen atoms in total. The predicted octanol–water partition coefficient (Wildman–Crippen LogP) is 1.70. The van der Waals surface area contributed by atoms with Crippen molar-refractivity contribution in [2.75, 3.05) is 6.54 Å². The first kappa shape index (κ1) is 12.3. The molecule has 0 bridgehead atoms. The van der Waals surface area contributed by atoms with Crippen LogP contribution >= 0.6 is 0 Å². The molecule has 3 rings (SSSR count). The van der Waals surface area contributed by atoms with E-state index in [1.54, 1.807) is 4.68 Å². The fourth-order valence-electron chi connectivity index (χ4n) is 2.84. The number of hydrogen-bond donors (Lipinski definition) is 1. The van der Waals surface area contributed by atoms with Crippen molar-refractivity contribution in [3.8, 4) is 11.5 Å². The van der Waals surface area contributed by atoms with E-state index < -0.39 is 0 Å². The highest BCUT2D eigenvalue weighted by atomic mass is 16.5. The zero-order valence-corrected chi connectivity index (χ0v) is 11.1. The van der Waals surface area contributed by atoms with E-state index in [0.717, 1.165) is 24.4 Å². The number of aromatic nitrogens is 4. The molecule has 0 amide bonds. The maximum absolute atomic E-state index is 5.85. The highest BCUT2D eigenvalue weighted by Gasteiger charge is 2.30. The van der Waals surface area contributed by atoms with Gasteiger partial charge in [0.05, 0.1) is 0 Å². The van der Waals surface area contributed by atoms with Crippen LogP contribution in [0.1, 0.15) is 37.5 Å². The zero-order chi connectivity index (χ0) is 13.2. The zero-order valence-electron chi connectivity index (χ0n) is 11.1. The van der Waals surface area contributed by atoms with Crippen LogP contribution in [0.4, 0.5) is 0 Å². The van der Waals surface area contributed by atoms with E-state index in [-0.39, 0.29) is 0 Å². The van der Waals surface area contributed by atoms with Gasteiger partial charge in [-0.2, -0.15) is 10.1 Å². The lowest BCUT2D eigenvalue weighted by Gasteiger charge is -2.27. The summed E-state index contributed by atoms with van der Waals surface area (Å²) in [5.74, 6) is 2.06. The molecular weight excluding hydrogens is 242 g/mol. The van der Waals surface area contributed by atoms with Gasteiger partial charge in [0.2, 0.25) is 11.7 Å². The summed E-state index contributed by atoms with van der Waals surface area (Å²) in [6.07, 6.45) is 6.57. The standard InChI is InChI=1S/C13H19N5O/c1-18-7-6-11(16-18)12-15-13(19-17-12)10-5-3-2-4-9(10)8-14/h6-7,9-10H,2-5,8,14H2,1H3. The molecule has 19 heavy (non-hydrogen) atoms. The Morgan fingerprint density at radius 3 is 3.00 bits per heavy atom. The van der Waals surface area contributed by atoms with Gasteiger partial charge >= 0.3 is 0 Å². The van der Waals surface area contributed by atoms with Crippen molar-refractivity contribution in [3.05, 3.63) is 18.2 Å². The summed E-state index contributed by atoms with van der Waals surface area (Å²) in [5, 5.41) is 8.33. The van der Waals surface area contributed by atoms with E-state index in [2.05, 4.69) is 15.2 Å². The molecular formula is C13H19N5O. The second-order valence-electron chi connectivity index (χ2n) is 5.22. The van der Waals surface area contributed by atoms with Crippen LogP contribution in [-0.2, 0) is 7.05 Å². The van der Waals surface area contributed by atoms with Gasteiger partial charge in [0.15, 0.2) is 0 Å². The van der Waals surface area contributed by atoms with Gasteiger partial charge in [-0.05, 0) is 31.4 Å². The predicted molar refractivity (Wildman–Crippen MR) is 70.3 cm³/mol. The van der Waals surface area contributed by atoms with Gasteiger partial charge in [-0.1, -0.05) is 18.0 Å². The molecule has 1 fully saturated rings. The minimum absolute atomic E-state index is 0.309. The number of nitrogens with two attached hydrogens (primary N) is 1. The summed E-state index contributed by atoms with van der Waals surface area (Å²) < 4.78 is 7.16. The molecule has 2 N–H and O–H groups in total. The number of aryl methyl sites for hydroxylation is 1. The van der Waals surface area contributed by atoms with E-state index >= 15 is 0 Å². The van der Waals surface area contributed by atoms with Gasteiger partial charge in [0.1, 0.15) is 5.69 Å². The molecule has 1 aliphatic carbocycles. The van der Waals surface area contributed by atoms with E-state index in [1.165, 1.54) is 12.8 Å². The van der Waals surface area contributed by atoms with E-state index in [0.29, 0.717) is 24.2 Å². The van der Waals surface area contributed by atoms with Gasteiger partial charge in [-0.15, -0.1) is 0 Å². The third-order valence-electron chi connectivity index (χ3n) is 3.91. The molecule has 2 atom stereocenters. The summed E-state index contributed by atoms with van der Waals surface area (Å²) in [6.45, 7) is 0.686. The second kappa shape index (κ2) is 5.13. The average molecular weight is 261 g/mol. The smallest absolute Gasteiger partial charge is 0.230 e. The molecule has 6 heteroatoms. The Hall–Kier alpha value is -1.69. The third-order valence-corrected chi connectivity index (χ3v) is 3.91. The van der Waals surface area contributed by atoms with E-state index in [4.69, 9.17) is 10.3 Å². The Morgan fingerprint density at radius 1 is 1.42 bits per heavy atom. The van der Waals surface area contributed by atoms with Gasteiger partial charge in [0.25, 0.3) is 0 Å². The topological polar surface area (TPSA) is 82.8 Å². The second-order valence-corrected chi connectivity index (χ2v) is 5.22. The third kappa shape index (κ3) is 2.40. The molecule has 2 aromatic heterocycles. The van der Waals surface area contributed by atoms with Crippen molar-refractivity contribution < 1.29 is 4.52 Å². The molecule has 0 spiro atoms. The fraction of sp³-hybridized carbons (Fsp3) is 0.615. The highest BCUT2D eigenvalue weighted by molar-refractivity contribution is 5.46. The number of nitrogens with zero attached hydrogens (tertiary/aromatic N) is 4. The van der Waals surface area contributed by atoms with Crippen molar-refractivity contribution in [1.29, 1.82) is 0 Å². The lowest BCUT2D eigenvalue weighted by atomic mass is 9.79. The number of rotatable bonds is 3. The molecule has 1 saturated carbocycles. The molecule has 1 aliphatic rings. The lowest BCUT2D eigenvalue weighted by Crippen LogP contribution is -2.25. The van der Waals surface area contributed by atoms with Crippen molar-refractivity contribution in [3.63, 3.8) is 0 Å². The molecule has 2 heterocycles. The van der Waals surface area contributed by atoms with Gasteiger partial charge < -0.3 is 10.3 Å². The van der Waals surface area contributed by atoms with Crippen LogP contribution in [0.15, 0.2) is 16.8 Å². The molecule has 0 saturated heterocycles. The maximum atomic E-state index is 5.85. The molecule has 102 valence electrons. The molecule has 0 aliphatic heterocycles. The average Bonchev–Trinajstić information content (AvgIpc) is 3.07. The molecule has 0 aromatic carbocycles. The van der Waals surface area contributed by atoms with Gasteiger partial charge in [-0.3, -0.25) is 4.68 Å². The van der Waals surface area contributed by atoms with Crippen LogP contribution in [0, 0.1) is 5.92 Å². The van der Waals surface area contributed by atoms with Crippen LogP contribution in [0.2, 0.25) is 0 Å². The van der Waals surface area contributed by atoms with Crippen LogP contribution in [-0.4, -0.2) is 26.5 Å². The Bertz CT molecular complexity index is 547. The molecule has 2 aromatic rings. The first-order valence-corrected chi connectivity index (χ1v) is 6.81. The quantitative estimate of drug-likeness (QED) is 0.909. The Balaban J connectivity index is 1.84. The van der Waals surface area contributed by atoms with Crippen molar-refractivity contribution >= 4 is 0 Å². The van der Waals surface area contributed by atoms with Crippen molar-refractivity contribution in [1.82, 2.24) is 19.9 Å². The van der Waals surface area contributed by atoms with Crippen molar-refractivity contribution in [2.45, 2.75) is 31.6 Å². The lowest BCUT2D eigenvalue weighted by molar-refractivity contribution is 0.249. The Labute approximate surface area is 112 Å². The minimum Gasteiger partial charge on any atom is -0.339 e. The van der Waals surface area contributed by atoms with Crippen LogP contribution in [0.3, 0.4) is 0 Å². The summed E-state index contributed by atoms with van der Waals surface area (Å²) in [7, 11) is 1.87. The maximum Gasteiger partial charge on any atom is 0.230 e. The minimum atomic E-state index is 0.309. The first-order chi connectivity index (χ1) is 9.28. The van der Waals surface area contributed by atoms with E-state index in [1.807, 2.05) is 19.3 Å². The summed E-state index contributed by atoms with van der Waals surface area (Å²) >= 11 is 0. The first-order valence-electron chi connectivity index (χ1n) is 6.81. The molecule has 0 radical (unpaired) electrons. The monoisotopic (exact) mass is 261 g/mol. The van der Waals surface area contributed by atoms with Crippen LogP contribution < -0.4 is 5.73 Å². The Kier molecular flexibility index (Phi) is 3.33. The Morgan fingerprint density at radius 2 is 2.26 bits per heavy atom. The number of hydrogen-bond acceptors (Lipinski definition) is 5. The summed E-state index contributed by atoms with van der Waals surface area (Å²) in [4.78, 5) is 4.51. The van der Waals surface area contributed by atoms with Gasteiger partial charge in [0, 0.05) is 19.2 Å². The van der Waals surface area contributed by atoms with Crippen LogP contribution in [0.5, 0.6) is 0 Å². The highest BCUT2D eigenvalue weighted by Crippen LogP contribution is 2.36. The fourth-order valence-corrected chi connectivity index (χ4v) is 2.84. The SMILES string of the molecule is Cn1ccc(-c2noc(C3CCCCC3CN)n2)n1. The largest absolute Gasteiger partial charge is 0.339 e. The normalized spacial score (nSPS) is 23.7. The summed E-state index contributed by atoms with van der Waals surface area (Å²) in [5.41, 5.74) is 6.59. The summed E-state index contributed by atoms with van der Waals surface area (Å²) in [6, 6.07) is 1.88. The van der Waals surface area contributed by atoms with Crippen LogP contribution in [0.25, 0.3) is 11.5 Å². The molecule has 2 unspecified atom stereocenters. The van der Waals surface area contributed by atoms with E-state index in [9.17, 15) is 0 Å². The van der Waals surface area contributed by atoms with Crippen molar-refractivity contribution in [2.24, 2.45) is 18.7 Å².